The number of fused-ring (bicyclic) bond motifs is 1. The van der Waals surface area contributed by atoms with Gasteiger partial charge in [-0.25, -0.2) is 0 Å². The zero-order valence-electron chi connectivity index (χ0n) is 14.1. The van der Waals surface area contributed by atoms with Crippen LogP contribution in [0.1, 0.15) is 50.1 Å². The van der Waals surface area contributed by atoms with Crippen LogP contribution in [0.4, 0.5) is 0 Å². The molecule has 4 rings (SSSR count). The van der Waals surface area contributed by atoms with Crippen LogP contribution < -0.4 is 4.74 Å². The molecule has 0 radical (unpaired) electrons. The number of rotatable bonds is 3. The summed E-state index contributed by atoms with van der Waals surface area (Å²) in [5, 5.41) is 0. The summed E-state index contributed by atoms with van der Waals surface area (Å²) in [6.45, 7) is 1.28. The molecule has 0 N–H and O–H groups in total. The first-order chi connectivity index (χ1) is 11.4. The summed E-state index contributed by atoms with van der Waals surface area (Å²) in [5.41, 5.74) is 1.46. The monoisotopic (exact) mass is 343 g/mol. The molecule has 2 aromatic carbocycles. The Kier molecular flexibility index (Phi) is 5.80. The molecule has 2 atom stereocenters. The minimum atomic E-state index is 0. The first kappa shape index (κ1) is 17.3. The van der Waals surface area contributed by atoms with E-state index in [1.54, 1.807) is 0 Å². The zero-order chi connectivity index (χ0) is 15.5. The average Bonchev–Trinajstić information content (AvgIpc) is 2.63. The van der Waals surface area contributed by atoms with Crippen LogP contribution in [0.2, 0.25) is 0 Å². The maximum atomic E-state index is 5.91. The van der Waals surface area contributed by atoms with E-state index in [2.05, 4.69) is 29.2 Å². The van der Waals surface area contributed by atoms with Crippen molar-refractivity contribution in [2.45, 2.75) is 50.6 Å². The number of piperidine rings is 2. The van der Waals surface area contributed by atoms with Crippen molar-refractivity contribution in [3.05, 3.63) is 60.2 Å². The summed E-state index contributed by atoms with van der Waals surface area (Å²) >= 11 is 0. The highest BCUT2D eigenvalue weighted by molar-refractivity contribution is 5.85. The quantitative estimate of drug-likeness (QED) is 0.679. The second-order valence-electron chi connectivity index (χ2n) is 6.82. The van der Waals surface area contributed by atoms with Gasteiger partial charge in [-0.15, -0.1) is 12.4 Å². The van der Waals surface area contributed by atoms with Crippen molar-refractivity contribution < 1.29 is 4.74 Å². The molecule has 0 amide bonds. The van der Waals surface area contributed by atoms with E-state index in [1.165, 1.54) is 50.6 Å². The van der Waals surface area contributed by atoms with Crippen LogP contribution in [0.3, 0.4) is 0 Å². The van der Waals surface area contributed by atoms with E-state index in [4.69, 9.17) is 4.74 Å². The molecule has 2 aliphatic rings. The van der Waals surface area contributed by atoms with E-state index in [0.29, 0.717) is 6.04 Å². The Hall–Kier alpha value is -1.51. The van der Waals surface area contributed by atoms with Crippen LogP contribution in [-0.4, -0.2) is 17.5 Å². The molecule has 2 fully saturated rings. The average molecular weight is 344 g/mol. The number of halogens is 1. The normalized spacial score (nSPS) is 23.8. The standard InChI is InChI=1S/C21H25NO.ClH/c1-2-9-19(10-3-1)23-20-14-12-17(13-15-20)21-11-6-8-18-7-4-5-16-22(18)21;/h1-3,9-10,12-15,18,21H,4-8,11,16H2;1H. The maximum absolute atomic E-state index is 5.91. The third-order valence-corrected chi connectivity index (χ3v) is 5.33. The Morgan fingerprint density at radius 2 is 1.46 bits per heavy atom. The SMILES string of the molecule is Cl.c1ccc(Oc2ccc(C3CCCC4CCCCN43)cc2)cc1. The summed E-state index contributed by atoms with van der Waals surface area (Å²) < 4.78 is 5.91. The molecule has 2 unspecified atom stereocenters. The number of hydrogen-bond donors (Lipinski definition) is 0. The Bertz CT molecular complexity index is 626. The lowest BCUT2D eigenvalue weighted by Gasteiger charge is -2.45. The lowest BCUT2D eigenvalue weighted by molar-refractivity contribution is 0.0518. The molecule has 2 aromatic rings. The Morgan fingerprint density at radius 1 is 0.750 bits per heavy atom. The molecule has 2 saturated heterocycles. The number of nitrogens with zero attached hydrogens (tertiary/aromatic N) is 1. The van der Waals surface area contributed by atoms with Crippen LogP contribution in [0, 0.1) is 0 Å². The highest BCUT2D eigenvalue weighted by Crippen LogP contribution is 2.38. The molecule has 0 bridgehead atoms. The molecule has 2 aliphatic heterocycles. The predicted molar refractivity (Wildman–Crippen MR) is 101 cm³/mol. The van der Waals surface area contributed by atoms with E-state index in [0.717, 1.165) is 17.5 Å². The van der Waals surface area contributed by atoms with Gasteiger partial charge in [0.15, 0.2) is 0 Å². The Balaban J connectivity index is 0.00000169. The highest BCUT2D eigenvalue weighted by Gasteiger charge is 2.32. The third-order valence-electron chi connectivity index (χ3n) is 5.33. The van der Waals surface area contributed by atoms with Crippen molar-refractivity contribution in [2.24, 2.45) is 0 Å². The molecular formula is C21H26ClNO. The van der Waals surface area contributed by atoms with Crippen LogP contribution in [0.15, 0.2) is 54.6 Å². The zero-order valence-corrected chi connectivity index (χ0v) is 14.9. The van der Waals surface area contributed by atoms with Crippen molar-refractivity contribution in [3.63, 3.8) is 0 Å². The van der Waals surface area contributed by atoms with Gasteiger partial charge in [-0.05, 0) is 68.5 Å². The van der Waals surface area contributed by atoms with Crippen LogP contribution in [-0.2, 0) is 0 Å². The van der Waals surface area contributed by atoms with Gasteiger partial charge < -0.3 is 4.74 Å². The molecule has 24 heavy (non-hydrogen) atoms. The third kappa shape index (κ3) is 3.76. The molecule has 0 saturated carbocycles. The molecule has 2 heterocycles. The van der Waals surface area contributed by atoms with Gasteiger partial charge >= 0.3 is 0 Å². The summed E-state index contributed by atoms with van der Waals surface area (Å²) in [6.07, 6.45) is 8.24. The number of para-hydroxylation sites is 1. The summed E-state index contributed by atoms with van der Waals surface area (Å²) in [7, 11) is 0. The molecular weight excluding hydrogens is 318 g/mol. The van der Waals surface area contributed by atoms with Crippen LogP contribution in [0.5, 0.6) is 11.5 Å². The second kappa shape index (κ2) is 8.04. The van der Waals surface area contributed by atoms with Crippen LogP contribution in [0.25, 0.3) is 0 Å². The molecule has 128 valence electrons. The van der Waals surface area contributed by atoms with Crippen molar-refractivity contribution in [3.8, 4) is 11.5 Å². The molecule has 2 nitrogen and oxygen atoms in total. The van der Waals surface area contributed by atoms with E-state index in [1.807, 2.05) is 30.3 Å². The van der Waals surface area contributed by atoms with Gasteiger partial charge in [-0.3, -0.25) is 4.90 Å². The van der Waals surface area contributed by atoms with E-state index in [-0.39, 0.29) is 12.4 Å². The highest BCUT2D eigenvalue weighted by atomic mass is 35.5. The largest absolute Gasteiger partial charge is 0.457 e. The van der Waals surface area contributed by atoms with E-state index in [9.17, 15) is 0 Å². The summed E-state index contributed by atoms with van der Waals surface area (Å²) in [6, 6.07) is 20.2. The minimum absolute atomic E-state index is 0. The van der Waals surface area contributed by atoms with Gasteiger partial charge in [-0.1, -0.05) is 36.8 Å². The fraction of sp³-hybridized carbons (Fsp3) is 0.429. The Labute approximate surface area is 151 Å². The molecule has 0 aliphatic carbocycles. The number of hydrogen-bond acceptors (Lipinski definition) is 2. The fourth-order valence-electron chi connectivity index (χ4n) is 4.20. The van der Waals surface area contributed by atoms with Gasteiger partial charge in [-0.2, -0.15) is 0 Å². The molecule has 0 aromatic heterocycles. The summed E-state index contributed by atoms with van der Waals surface area (Å²) in [4.78, 5) is 2.76. The summed E-state index contributed by atoms with van der Waals surface area (Å²) in [5.74, 6) is 1.82. The lowest BCUT2D eigenvalue weighted by atomic mass is 9.86. The number of benzene rings is 2. The van der Waals surface area contributed by atoms with Crippen molar-refractivity contribution in [1.82, 2.24) is 4.90 Å². The first-order valence-corrected chi connectivity index (χ1v) is 8.99. The van der Waals surface area contributed by atoms with Gasteiger partial charge in [0.2, 0.25) is 0 Å². The predicted octanol–water partition coefficient (Wildman–Crippen LogP) is 5.98. The van der Waals surface area contributed by atoms with Gasteiger partial charge in [0, 0.05) is 12.1 Å². The van der Waals surface area contributed by atoms with Crippen molar-refractivity contribution in [2.75, 3.05) is 6.54 Å². The first-order valence-electron chi connectivity index (χ1n) is 8.99. The van der Waals surface area contributed by atoms with E-state index >= 15 is 0 Å². The van der Waals surface area contributed by atoms with E-state index < -0.39 is 0 Å². The molecule has 3 heteroatoms. The smallest absolute Gasteiger partial charge is 0.127 e. The maximum Gasteiger partial charge on any atom is 0.127 e. The minimum Gasteiger partial charge on any atom is -0.457 e. The topological polar surface area (TPSA) is 12.5 Å². The molecule has 0 spiro atoms. The lowest BCUT2D eigenvalue weighted by Crippen LogP contribution is -2.44. The fourth-order valence-corrected chi connectivity index (χ4v) is 4.20. The second-order valence-corrected chi connectivity index (χ2v) is 6.82. The van der Waals surface area contributed by atoms with Crippen molar-refractivity contribution in [1.29, 1.82) is 0 Å². The van der Waals surface area contributed by atoms with Gasteiger partial charge in [0.1, 0.15) is 11.5 Å². The van der Waals surface area contributed by atoms with Gasteiger partial charge in [0.05, 0.1) is 0 Å². The Morgan fingerprint density at radius 3 is 2.25 bits per heavy atom. The van der Waals surface area contributed by atoms with Gasteiger partial charge in [0.25, 0.3) is 0 Å². The number of ether oxygens (including phenoxy) is 1. The van der Waals surface area contributed by atoms with Crippen LogP contribution >= 0.6 is 12.4 Å². The van der Waals surface area contributed by atoms with Crippen molar-refractivity contribution >= 4 is 12.4 Å².